The molecule has 1 fully saturated rings. The molecule has 1 aliphatic rings. The second-order valence-corrected chi connectivity index (χ2v) is 6.60. The Balaban J connectivity index is 0.00000220. The fraction of sp³-hybridized carbons (Fsp3) is 0.562. The smallest absolute Gasteiger partial charge is 0.224 e. The molecule has 0 spiro atoms. The first kappa shape index (κ1) is 18.3. The van der Waals surface area contributed by atoms with E-state index in [0.29, 0.717) is 13.0 Å². The molecule has 0 unspecified atom stereocenters. The van der Waals surface area contributed by atoms with Crippen LogP contribution in [0.5, 0.6) is 0 Å². The van der Waals surface area contributed by atoms with Crippen LogP contribution < -0.4 is 11.1 Å². The Hall–Kier alpha value is -0.710. The highest BCUT2D eigenvalue weighted by molar-refractivity contribution is 7.98. The minimum atomic E-state index is 0. The molecular weight excluding hydrogens is 304 g/mol. The van der Waals surface area contributed by atoms with Crippen LogP contribution in [-0.4, -0.2) is 18.7 Å². The Morgan fingerprint density at radius 1 is 1.33 bits per heavy atom. The van der Waals surface area contributed by atoms with Crippen molar-refractivity contribution < 1.29 is 4.79 Å². The van der Waals surface area contributed by atoms with E-state index in [-0.39, 0.29) is 23.7 Å². The highest BCUT2D eigenvalue weighted by Crippen LogP contribution is 2.38. The van der Waals surface area contributed by atoms with Gasteiger partial charge in [-0.2, -0.15) is 0 Å². The van der Waals surface area contributed by atoms with Crippen molar-refractivity contribution in [3.8, 4) is 0 Å². The number of nitrogens with one attached hydrogen (secondary N) is 1. The van der Waals surface area contributed by atoms with E-state index in [1.165, 1.54) is 19.3 Å². The molecule has 2 rings (SSSR count). The second kappa shape index (κ2) is 8.66. The maximum atomic E-state index is 12.3. The van der Waals surface area contributed by atoms with Crippen molar-refractivity contribution in [1.82, 2.24) is 0 Å². The van der Waals surface area contributed by atoms with E-state index < -0.39 is 0 Å². The summed E-state index contributed by atoms with van der Waals surface area (Å²) in [6.07, 6.45) is 8.43. The summed E-state index contributed by atoms with van der Waals surface area (Å²) in [6, 6.07) is 7.97. The van der Waals surface area contributed by atoms with Crippen molar-refractivity contribution in [3.63, 3.8) is 0 Å². The van der Waals surface area contributed by atoms with Crippen LogP contribution in [-0.2, 0) is 4.79 Å². The molecule has 1 aromatic rings. The highest BCUT2D eigenvalue weighted by atomic mass is 35.5. The fourth-order valence-corrected chi connectivity index (χ4v) is 3.46. The van der Waals surface area contributed by atoms with E-state index in [4.69, 9.17) is 5.73 Å². The van der Waals surface area contributed by atoms with Crippen molar-refractivity contribution in [2.45, 2.75) is 43.4 Å². The Morgan fingerprint density at radius 2 is 2.05 bits per heavy atom. The normalized spacial score (nSPS) is 16.9. The Bertz CT molecular complexity index is 461. The third-order valence-electron chi connectivity index (χ3n) is 4.24. The average Bonchev–Trinajstić information content (AvgIpc) is 2.48. The molecule has 21 heavy (non-hydrogen) atoms. The molecule has 0 heterocycles. The number of hydrogen-bond donors (Lipinski definition) is 2. The van der Waals surface area contributed by atoms with Crippen molar-refractivity contribution >= 4 is 35.8 Å². The molecule has 3 N–H and O–H groups in total. The van der Waals surface area contributed by atoms with Gasteiger partial charge in [-0.15, -0.1) is 24.2 Å². The number of carbonyl (C=O) groups is 1. The highest BCUT2D eigenvalue weighted by Gasteiger charge is 2.32. The van der Waals surface area contributed by atoms with Crippen LogP contribution in [0.15, 0.2) is 29.2 Å². The molecule has 3 nitrogen and oxygen atoms in total. The van der Waals surface area contributed by atoms with Gasteiger partial charge in [0.1, 0.15) is 0 Å². The minimum Gasteiger partial charge on any atom is -0.330 e. The molecule has 0 saturated heterocycles. The lowest BCUT2D eigenvalue weighted by molar-refractivity contribution is -0.118. The largest absolute Gasteiger partial charge is 0.330 e. The third-order valence-corrected chi connectivity index (χ3v) is 4.96. The molecule has 118 valence electrons. The number of rotatable bonds is 5. The predicted octanol–water partition coefficient (Wildman–Crippen LogP) is 4.07. The quantitative estimate of drug-likeness (QED) is 0.801. The summed E-state index contributed by atoms with van der Waals surface area (Å²) >= 11 is 1.68. The van der Waals surface area contributed by atoms with Crippen molar-refractivity contribution in [3.05, 3.63) is 24.3 Å². The number of thioether (sulfide) groups is 1. The van der Waals surface area contributed by atoms with Crippen LogP contribution in [0.4, 0.5) is 5.69 Å². The van der Waals surface area contributed by atoms with Crippen LogP contribution in [0, 0.1) is 5.41 Å². The van der Waals surface area contributed by atoms with Gasteiger partial charge in [-0.1, -0.05) is 25.3 Å². The van der Waals surface area contributed by atoms with Crippen molar-refractivity contribution in [1.29, 1.82) is 0 Å². The molecule has 1 saturated carbocycles. The van der Waals surface area contributed by atoms with Crippen molar-refractivity contribution in [2.24, 2.45) is 11.1 Å². The molecule has 0 atom stereocenters. The Kier molecular flexibility index (Phi) is 7.57. The number of amides is 1. The number of halogens is 1. The van der Waals surface area contributed by atoms with Crippen LogP contribution in [0.2, 0.25) is 0 Å². The zero-order valence-corrected chi connectivity index (χ0v) is 14.2. The van der Waals surface area contributed by atoms with Crippen LogP contribution in [0.1, 0.15) is 38.5 Å². The maximum Gasteiger partial charge on any atom is 0.224 e. The van der Waals surface area contributed by atoms with Gasteiger partial charge in [0.25, 0.3) is 0 Å². The minimum absolute atomic E-state index is 0. The van der Waals surface area contributed by atoms with E-state index in [1.54, 1.807) is 11.8 Å². The second-order valence-electron chi connectivity index (χ2n) is 5.72. The molecule has 1 aromatic carbocycles. The molecule has 1 amide bonds. The predicted molar refractivity (Wildman–Crippen MR) is 93.3 cm³/mol. The van der Waals surface area contributed by atoms with Crippen LogP contribution in [0.25, 0.3) is 0 Å². The fourth-order valence-electron chi connectivity index (χ4n) is 3.00. The summed E-state index contributed by atoms with van der Waals surface area (Å²) in [5.41, 5.74) is 6.85. The summed E-state index contributed by atoms with van der Waals surface area (Å²) in [4.78, 5) is 13.4. The number of hydrogen-bond acceptors (Lipinski definition) is 3. The van der Waals surface area contributed by atoms with E-state index in [1.807, 2.05) is 30.5 Å². The van der Waals surface area contributed by atoms with E-state index in [9.17, 15) is 4.79 Å². The monoisotopic (exact) mass is 328 g/mol. The molecule has 0 aliphatic heterocycles. The lowest BCUT2D eigenvalue weighted by atomic mass is 9.71. The first-order valence-corrected chi connectivity index (χ1v) is 8.54. The molecule has 5 heteroatoms. The van der Waals surface area contributed by atoms with Gasteiger partial charge in [0, 0.05) is 17.0 Å². The lowest BCUT2D eigenvalue weighted by Crippen LogP contribution is -2.36. The van der Waals surface area contributed by atoms with Gasteiger partial charge < -0.3 is 11.1 Å². The van der Waals surface area contributed by atoms with Gasteiger partial charge in [-0.05, 0) is 49.3 Å². The van der Waals surface area contributed by atoms with E-state index in [2.05, 4.69) is 5.32 Å². The summed E-state index contributed by atoms with van der Waals surface area (Å²) in [6.45, 7) is 0.616. The molecule has 0 aromatic heterocycles. The Labute approximate surface area is 137 Å². The van der Waals surface area contributed by atoms with Gasteiger partial charge in [-0.3, -0.25) is 4.79 Å². The first-order valence-electron chi connectivity index (χ1n) is 7.31. The third kappa shape index (κ3) is 5.20. The van der Waals surface area contributed by atoms with Gasteiger partial charge in [-0.25, -0.2) is 0 Å². The summed E-state index contributed by atoms with van der Waals surface area (Å²) < 4.78 is 0. The van der Waals surface area contributed by atoms with Crippen molar-refractivity contribution in [2.75, 3.05) is 18.1 Å². The van der Waals surface area contributed by atoms with Crippen LogP contribution >= 0.6 is 24.2 Å². The summed E-state index contributed by atoms with van der Waals surface area (Å²) in [5, 5.41) is 3.02. The standard InChI is InChI=1S/C16H24N2OS.ClH/c1-20-14-7-5-6-13(10-14)18-15(19)11-16(12-17)8-3-2-4-9-16;/h5-7,10H,2-4,8-9,11-12,17H2,1H3,(H,18,19);1H. The summed E-state index contributed by atoms with van der Waals surface area (Å²) in [7, 11) is 0. The Morgan fingerprint density at radius 3 is 2.67 bits per heavy atom. The number of carbonyl (C=O) groups excluding carboxylic acids is 1. The number of anilines is 1. The maximum absolute atomic E-state index is 12.3. The average molecular weight is 329 g/mol. The zero-order chi connectivity index (χ0) is 14.4. The SMILES string of the molecule is CSc1cccc(NC(=O)CC2(CN)CCCCC2)c1.Cl. The topological polar surface area (TPSA) is 55.1 Å². The summed E-state index contributed by atoms with van der Waals surface area (Å²) in [5.74, 6) is 0.0932. The lowest BCUT2D eigenvalue weighted by Gasteiger charge is -2.35. The van der Waals surface area contributed by atoms with Crippen LogP contribution in [0.3, 0.4) is 0 Å². The molecular formula is C16H25ClN2OS. The number of benzene rings is 1. The number of nitrogens with two attached hydrogens (primary N) is 1. The van der Waals surface area contributed by atoms with E-state index in [0.717, 1.165) is 23.4 Å². The first-order chi connectivity index (χ1) is 9.67. The molecule has 1 aliphatic carbocycles. The van der Waals surface area contributed by atoms with E-state index >= 15 is 0 Å². The van der Waals surface area contributed by atoms with Gasteiger partial charge >= 0.3 is 0 Å². The molecule has 0 bridgehead atoms. The van der Waals surface area contributed by atoms with Gasteiger partial charge in [0.2, 0.25) is 5.91 Å². The van der Waals surface area contributed by atoms with Gasteiger partial charge in [0.15, 0.2) is 0 Å². The van der Waals surface area contributed by atoms with Gasteiger partial charge in [0.05, 0.1) is 0 Å². The zero-order valence-electron chi connectivity index (χ0n) is 12.6. The molecule has 0 radical (unpaired) electrons.